The van der Waals surface area contributed by atoms with Crippen LogP contribution in [0.15, 0.2) is 36.5 Å². The standard InChI is InChI=1S/C22H28N4O3/c1-28-16-6-7-19-18(14-16)24-22(20-5-2-10-26(19)20)8-11-25(12-9-22)21(27)23-15-17-4-3-13-29-17/h2,5-7,10,14,17,24H,3-4,8-9,11-13,15H2,1H3,(H,23,27)/t17-/m0/s1. The number of piperidine rings is 1. The van der Waals surface area contributed by atoms with E-state index in [4.69, 9.17) is 9.47 Å². The van der Waals surface area contributed by atoms with Gasteiger partial charge in [0.05, 0.1) is 30.1 Å². The number of hydrogen-bond donors (Lipinski definition) is 2. The summed E-state index contributed by atoms with van der Waals surface area (Å²) in [4.78, 5) is 14.5. The summed E-state index contributed by atoms with van der Waals surface area (Å²) in [5.74, 6) is 0.841. The van der Waals surface area contributed by atoms with Gasteiger partial charge in [-0.05, 0) is 49.9 Å². The fraction of sp³-hybridized carbons (Fsp3) is 0.500. The second kappa shape index (κ2) is 7.30. The van der Waals surface area contributed by atoms with Crippen molar-refractivity contribution in [2.24, 2.45) is 0 Å². The highest BCUT2D eigenvalue weighted by molar-refractivity contribution is 5.75. The monoisotopic (exact) mass is 396 g/mol. The summed E-state index contributed by atoms with van der Waals surface area (Å²) >= 11 is 0. The van der Waals surface area contributed by atoms with E-state index in [-0.39, 0.29) is 17.7 Å². The number of carbonyl (C=O) groups excluding carboxylic acids is 1. The van der Waals surface area contributed by atoms with Crippen LogP contribution in [0.4, 0.5) is 10.5 Å². The van der Waals surface area contributed by atoms with Gasteiger partial charge >= 0.3 is 6.03 Å². The number of methoxy groups -OCH3 is 1. The van der Waals surface area contributed by atoms with Gasteiger partial charge in [-0.2, -0.15) is 0 Å². The van der Waals surface area contributed by atoms with E-state index in [1.54, 1.807) is 7.11 Å². The van der Waals surface area contributed by atoms with Crippen LogP contribution < -0.4 is 15.4 Å². The lowest BCUT2D eigenvalue weighted by Crippen LogP contribution is -2.53. The average molecular weight is 396 g/mol. The van der Waals surface area contributed by atoms with Crippen molar-refractivity contribution < 1.29 is 14.3 Å². The molecular formula is C22H28N4O3. The first-order valence-corrected chi connectivity index (χ1v) is 10.5. The molecule has 0 saturated carbocycles. The highest BCUT2D eigenvalue weighted by atomic mass is 16.5. The largest absolute Gasteiger partial charge is 0.497 e. The predicted octanol–water partition coefficient (Wildman–Crippen LogP) is 3.09. The number of urea groups is 1. The number of amides is 2. The summed E-state index contributed by atoms with van der Waals surface area (Å²) < 4.78 is 13.3. The number of fused-ring (bicyclic) bond motifs is 4. The molecule has 2 N–H and O–H groups in total. The summed E-state index contributed by atoms with van der Waals surface area (Å²) in [5, 5.41) is 6.84. The lowest BCUT2D eigenvalue weighted by atomic mass is 9.82. The smallest absolute Gasteiger partial charge is 0.317 e. The van der Waals surface area contributed by atoms with Gasteiger partial charge in [0.15, 0.2) is 0 Å². The van der Waals surface area contributed by atoms with Gasteiger partial charge in [-0.1, -0.05) is 0 Å². The van der Waals surface area contributed by atoms with Crippen molar-refractivity contribution >= 4 is 11.7 Å². The van der Waals surface area contributed by atoms with E-state index < -0.39 is 0 Å². The Balaban J connectivity index is 1.30. The van der Waals surface area contributed by atoms with Crippen LogP contribution in [0.1, 0.15) is 31.4 Å². The molecule has 7 nitrogen and oxygen atoms in total. The number of benzene rings is 1. The molecule has 0 bridgehead atoms. The molecule has 0 aliphatic carbocycles. The molecular weight excluding hydrogens is 368 g/mol. The topological polar surface area (TPSA) is 67.8 Å². The van der Waals surface area contributed by atoms with Crippen LogP contribution in [0.3, 0.4) is 0 Å². The Morgan fingerprint density at radius 1 is 1.34 bits per heavy atom. The third-order valence-corrected chi connectivity index (χ3v) is 6.49. The van der Waals surface area contributed by atoms with Crippen molar-refractivity contribution in [3.05, 3.63) is 42.2 Å². The van der Waals surface area contributed by atoms with Gasteiger partial charge < -0.3 is 29.6 Å². The zero-order chi connectivity index (χ0) is 19.8. The van der Waals surface area contributed by atoms with E-state index in [9.17, 15) is 4.79 Å². The van der Waals surface area contributed by atoms with Crippen molar-refractivity contribution in [2.75, 3.05) is 38.7 Å². The molecule has 2 saturated heterocycles. The minimum absolute atomic E-state index is 0.0172. The Bertz CT molecular complexity index is 895. The van der Waals surface area contributed by atoms with E-state index in [0.29, 0.717) is 6.54 Å². The number of ether oxygens (including phenoxy) is 2. The number of aromatic nitrogens is 1. The Labute approximate surface area is 171 Å². The van der Waals surface area contributed by atoms with E-state index in [0.717, 1.165) is 62.5 Å². The van der Waals surface area contributed by atoms with Crippen LogP contribution >= 0.6 is 0 Å². The van der Waals surface area contributed by atoms with Crippen LogP contribution in [0, 0.1) is 0 Å². The third-order valence-electron chi connectivity index (χ3n) is 6.49. The Morgan fingerprint density at radius 3 is 2.97 bits per heavy atom. The lowest BCUT2D eigenvalue weighted by molar-refractivity contribution is 0.106. The van der Waals surface area contributed by atoms with Gasteiger partial charge in [-0.25, -0.2) is 4.79 Å². The minimum Gasteiger partial charge on any atom is -0.497 e. The van der Waals surface area contributed by atoms with Crippen molar-refractivity contribution in [3.63, 3.8) is 0 Å². The number of anilines is 1. The van der Waals surface area contributed by atoms with Crippen LogP contribution in [-0.4, -0.2) is 55.0 Å². The van der Waals surface area contributed by atoms with Gasteiger partial charge in [0.1, 0.15) is 5.75 Å². The number of nitrogens with zero attached hydrogens (tertiary/aromatic N) is 2. The molecule has 1 spiro atoms. The second-order valence-electron chi connectivity index (χ2n) is 8.16. The maximum atomic E-state index is 12.6. The van der Waals surface area contributed by atoms with Crippen molar-refractivity contribution in [1.82, 2.24) is 14.8 Å². The first-order valence-electron chi connectivity index (χ1n) is 10.5. The van der Waals surface area contributed by atoms with Crippen LogP contribution in [-0.2, 0) is 10.3 Å². The number of rotatable bonds is 3. The Kier molecular flexibility index (Phi) is 4.62. The highest BCUT2D eigenvalue weighted by Gasteiger charge is 2.42. The van der Waals surface area contributed by atoms with Crippen molar-refractivity contribution in [1.29, 1.82) is 0 Å². The SMILES string of the molecule is COc1ccc2c(c1)NC1(CCN(C(=O)NC[C@@H]3CCCO3)CC1)c1cccn1-2. The van der Waals surface area contributed by atoms with E-state index >= 15 is 0 Å². The molecule has 154 valence electrons. The summed E-state index contributed by atoms with van der Waals surface area (Å²) in [6, 6.07) is 10.4. The molecule has 0 unspecified atom stereocenters. The first kappa shape index (κ1) is 18.4. The van der Waals surface area contributed by atoms with Gasteiger partial charge in [-0.3, -0.25) is 0 Å². The molecule has 2 amide bonds. The van der Waals surface area contributed by atoms with Crippen LogP contribution in [0.5, 0.6) is 5.75 Å². The molecule has 3 aliphatic rings. The maximum absolute atomic E-state index is 12.6. The molecule has 1 aromatic heterocycles. The lowest BCUT2D eigenvalue weighted by Gasteiger charge is -2.46. The molecule has 2 fully saturated rings. The summed E-state index contributed by atoms with van der Waals surface area (Å²) in [7, 11) is 1.69. The maximum Gasteiger partial charge on any atom is 0.317 e. The molecule has 0 radical (unpaired) electrons. The summed E-state index contributed by atoms with van der Waals surface area (Å²) in [6.07, 6.45) is 6.13. The average Bonchev–Trinajstić information content (AvgIpc) is 3.45. The zero-order valence-electron chi connectivity index (χ0n) is 16.8. The normalized spacial score (nSPS) is 22.0. The zero-order valence-corrected chi connectivity index (χ0v) is 16.8. The molecule has 4 heterocycles. The molecule has 1 aromatic carbocycles. The van der Waals surface area contributed by atoms with Gasteiger partial charge in [0.2, 0.25) is 0 Å². The van der Waals surface area contributed by atoms with Gasteiger partial charge in [-0.15, -0.1) is 0 Å². The van der Waals surface area contributed by atoms with Crippen molar-refractivity contribution in [3.8, 4) is 11.4 Å². The van der Waals surface area contributed by atoms with E-state index in [1.165, 1.54) is 5.69 Å². The highest BCUT2D eigenvalue weighted by Crippen LogP contribution is 2.44. The van der Waals surface area contributed by atoms with Crippen LogP contribution in [0.2, 0.25) is 0 Å². The Hall–Kier alpha value is -2.67. The molecule has 29 heavy (non-hydrogen) atoms. The molecule has 1 atom stereocenters. The minimum atomic E-state index is -0.172. The van der Waals surface area contributed by atoms with Crippen molar-refractivity contribution in [2.45, 2.75) is 37.3 Å². The molecule has 3 aliphatic heterocycles. The molecule has 7 heteroatoms. The van der Waals surface area contributed by atoms with E-state index in [2.05, 4.69) is 45.7 Å². The number of carbonyl (C=O) groups is 1. The quantitative estimate of drug-likeness (QED) is 0.837. The fourth-order valence-electron chi connectivity index (χ4n) is 4.85. The van der Waals surface area contributed by atoms with Crippen LogP contribution in [0.25, 0.3) is 5.69 Å². The number of hydrogen-bond acceptors (Lipinski definition) is 4. The summed E-state index contributed by atoms with van der Waals surface area (Å²) in [6.45, 7) is 2.85. The van der Waals surface area contributed by atoms with E-state index in [1.807, 2.05) is 11.0 Å². The number of nitrogens with one attached hydrogen (secondary N) is 2. The Morgan fingerprint density at radius 2 is 2.21 bits per heavy atom. The van der Waals surface area contributed by atoms with Gasteiger partial charge in [0, 0.05) is 44.2 Å². The molecule has 5 rings (SSSR count). The predicted molar refractivity (Wildman–Crippen MR) is 111 cm³/mol. The third kappa shape index (κ3) is 3.23. The molecule has 2 aromatic rings. The van der Waals surface area contributed by atoms with Gasteiger partial charge in [0.25, 0.3) is 0 Å². The first-order chi connectivity index (χ1) is 14.2. The summed E-state index contributed by atoms with van der Waals surface area (Å²) in [5.41, 5.74) is 3.29. The number of likely N-dealkylation sites (tertiary alicyclic amines) is 1. The second-order valence-corrected chi connectivity index (χ2v) is 8.16. The fourth-order valence-corrected chi connectivity index (χ4v) is 4.85.